The first-order valence-corrected chi connectivity index (χ1v) is 12.9. The molecule has 0 atom stereocenters. The standard InChI is InChI=1S/C29H22BrClN4O4/c1-37-26-13-19-23(14-27(26)38-2)32-12-11-25(19)39-18-9-7-17(8-10-18)34-29(36)20-16-33-28(31)15-24(20)35-22-6-4-3-5-21(22)30/h3-16H,1-2H3,(H,33,35)(H,34,36). The predicted octanol–water partition coefficient (Wildman–Crippen LogP) is 7.85. The zero-order valence-electron chi connectivity index (χ0n) is 20.9. The minimum atomic E-state index is -0.344. The minimum absolute atomic E-state index is 0.266. The second kappa shape index (κ2) is 11.6. The molecule has 0 spiro atoms. The van der Waals surface area contributed by atoms with Crippen LogP contribution in [-0.4, -0.2) is 30.1 Å². The second-order valence-corrected chi connectivity index (χ2v) is 9.51. The normalized spacial score (nSPS) is 10.7. The van der Waals surface area contributed by atoms with E-state index in [4.69, 9.17) is 25.8 Å². The predicted molar refractivity (Wildman–Crippen MR) is 156 cm³/mol. The summed E-state index contributed by atoms with van der Waals surface area (Å²) in [7, 11) is 3.15. The lowest BCUT2D eigenvalue weighted by Crippen LogP contribution is -2.14. The molecular formula is C29H22BrClN4O4. The van der Waals surface area contributed by atoms with Gasteiger partial charge < -0.3 is 24.8 Å². The van der Waals surface area contributed by atoms with Crippen molar-refractivity contribution < 1.29 is 19.0 Å². The van der Waals surface area contributed by atoms with Gasteiger partial charge in [0.25, 0.3) is 5.91 Å². The number of carbonyl (C=O) groups is 1. The number of hydrogen-bond acceptors (Lipinski definition) is 7. The Balaban J connectivity index is 1.34. The maximum Gasteiger partial charge on any atom is 0.259 e. The van der Waals surface area contributed by atoms with Gasteiger partial charge in [0.15, 0.2) is 11.5 Å². The van der Waals surface area contributed by atoms with E-state index in [0.717, 1.165) is 15.5 Å². The van der Waals surface area contributed by atoms with Gasteiger partial charge in [0.1, 0.15) is 16.7 Å². The number of aromatic nitrogens is 2. The molecule has 3 aromatic carbocycles. The van der Waals surface area contributed by atoms with Gasteiger partial charge in [-0.2, -0.15) is 0 Å². The van der Waals surface area contributed by atoms with Crippen LogP contribution in [-0.2, 0) is 0 Å². The van der Waals surface area contributed by atoms with Crippen LogP contribution in [0.4, 0.5) is 17.1 Å². The summed E-state index contributed by atoms with van der Waals surface area (Å²) in [6.07, 6.45) is 3.10. The van der Waals surface area contributed by atoms with Crippen molar-refractivity contribution in [2.45, 2.75) is 0 Å². The quantitative estimate of drug-likeness (QED) is 0.174. The third kappa shape index (κ3) is 5.89. The first kappa shape index (κ1) is 26.3. The van der Waals surface area contributed by atoms with E-state index in [-0.39, 0.29) is 11.1 Å². The largest absolute Gasteiger partial charge is 0.493 e. The summed E-state index contributed by atoms with van der Waals surface area (Å²) in [5.74, 6) is 2.00. The van der Waals surface area contributed by atoms with E-state index in [9.17, 15) is 4.79 Å². The number of nitrogens with one attached hydrogen (secondary N) is 2. The Kier molecular flexibility index (Phi) is 7.81. The zero-order chi connectivity index (χ0) is 27.4. The van der Waals surface area contributed by atoms with E-state index in [1.54, 1.807) is 62.9 Å². The third-order valence-electron chi connectivity index (χ3n) is 5.81. The number of nitrogens with zero attached hydrogens (tertiary/aromatic N) is 2. The highest BCUT2D eigenvalue weighted by molar-refractivity contribution is 9.10. The fourth-order valence-corrected chi connectivity index (χ4v) is 4.43. The molecule has 5 rings (SSSR count). The Morgan fingerprint density at radius 3 is 2.36 bits per heavy atom. The van der Waals surface area contributed by atoms with Crippen LogP contribution in [0, 0.1) is 0 Å². The molecule has 10 heteroatoms. The summed E-state index contributed by atoms with van der Waals surface area (Å²) in [6, 6.07) is 21.6. The van der Waals surface area contributed by atoms with E-state index in [1.807, 2.05) is 30.3 Å². The van der Waals surface area contributed by atoms with Gasteiger partial charge in [-0.05, 0) is 70.5 Å². The number of ether oxygens (including phenoxy) is 3. The van der Waals surface area contributed by atoms with Crippen molar-refractivity contribution in [1.82, 2.24) is 9.97 Å². The van der Waals surface area contributed by atoms with Crippen molar-refractivity contribution in [1.29, 1.82) is 0 Å². The SMILES string of the molecule is COc1cc2nccc(Oc3ccc(NC(=O)c4cnc(Cl)cc4Nc4ccccc4Br)cc3)c2cc1OC. The zero-order valence-corrected chi connectivity index (χ0v) is 23.2. The van der Waals surface area contributed by atoms with Gasteiger partial charge in [-0.3, -0.25) is 9.78 Å². The molecule has 0 saturated carbocycles. The molecular weight excluding hydrogens is 584 g/mol. The Morgan fingerprint density at radius 1 is 0.872 bits per heavy atom. The van der Waals surface area contributed by atoms with Gasteiger partial charge in [0, 0.05) is 34.0 Å². The van der Waals surface area contributed by atoms with E-state index in [2.05, 4.69) is 36.5 Å². The molecule has 2 heterocycles. The van der Waals surface area contributed by atoms with Gasteiger partial charge in [0.2, 0.25) is 0 Å². The summed E-state index contributed by atoms with van der Waals surface area (Å²) in [5.41, 5.74) is 2.94. The Labute approximate surface area is 238 Å². The van der Waals surface area contributed by atoms with Crippen molar-refractivity contribution in [2.75, 3.05) is 24.9 Å². The Morgan fingerprint density at radius 2 is 1.62 bits per heavy atom. The van der Waals surface area contributed by atoms with E-state index in [1.165, 1.54) is 6.20 Å². The average molecular weight is 606 g/mol. The summed E-state index contributed by atoms with van der Waals surface area (Å²) in [4.78, 5) is 21.6. The van der Waals surface area contributed by atoms with Crippen molar-refractivity contribution in [3.63, 3.8) is 0 Å². The van der Waals surface area contributed by atoms with Crippen LogP contribution in [0.5, 0.6) is 23.0 Å². The number of fused-ring (bicyclic) bond motifs is 1. The number of rotatable bonds is 8. The second-order valence-electron chi connectivity index (χ2n) is 8.27. The minimum Gasteiger partial charge on any atom is -0.493 e. The molecule has 0 aliphatic rings. The number of halogens is 2. The first-order chi connectivity index (χ1) is 18.9. The number of pyridine rings is 2. The summed E-state index contributed by atoms with van der Waals surface area (Å²) >= 11 is 9.62. The topological polar surface area (TPSA) is 94.6 Å². The van der Waals surface area contributed by atoms with Crippen molar-refractivity contribution in [3.8, 4) is 23.0 Å². The van der Waals surface area contributed by atoms with Crippen molar-refractivity contribution in [3.05, 3.63) is 100 Å². The number of amides is 1. The molecule has 0 bridgehead atoms. The van der Waals surface area contributed by atoms with Gasteiger partial charge in [-0.25, -0.2) is 4.98 Å². The number of methoxy groups -OCH3 is 2. The highest BCUT2D eigenvalue weighted by Crippen LogP contribution is 2.37. The van der Waals surface area contributed by atoms with E-state index in [0.29, 0.717) is 45.5 Å². The Hall–Kier alpha value is -4.34. The van der Waals surface area contributed by atoms with E-state index >= 15 is 0 Å². The van der Waals surface area contributed by atoms with Crippen LogP contribution in [0.25, 0.3) is 10.9 Å². The molecule has 5 aromatic rings. The van der Waals surface area contributed by atoms with Gasteiger partial charge in [-0.1, -0.05) is 23.7 Å². The molecule has 8 nitrogen and oxygen atoms in total. The summed E-state index contributed by atoms with van der Waals surface area (Å²) < 4.78 is 17.8. The maximum atomic E-state index is 13.2. The molecule has 1 amide bonds. The third-order valence-corrected chi connectivity index (χ3v) is 6.70. The van der Waals surface area contributed by atoms with E-state index < -0.39 is 0 Å². The van der Waals surface area contributed by atoms with Crippen LogP contribution in [0.3, 0.4) is 0 Å². The fourth-order valence-electron chi connectivity index (χ4n) is 3.89. The smallest absolute Gasteiger partial charge is 0.259 e. The van der Waals surface area contributed by atoms with Crippen molar-refractivity contribution >= 4 is 61.4 Å². The monoisotopic (exact) mass is 604 g/mol. The van der Waals surface area contributed by atoms with Crippen LogP contribution < -0.4 is 24.8 Å². The van der Waals surface area contributed by atoms with Gasteiger partial charge in [-0.15, -0.1) is 0 Å². The number of carbonyl (C=O) groups excluding carboxylic acids is 1. The number of hydrogen-bond donors (Lipinski definition) is 2. The number of anilines is 3. The molecule has 196 valence electrons. The van der Waals surface area contributed by atoms with Crippen LogP contribution in [0.1, 0.15) is 10.4 Å². The van der Waals surface area contributed by atoms with Gasteiger partial charge >= 0.3 is 0 Å². The average Bonchev–Trinajstić information content (AvgIpc) is 2.94. The molecule has 0 radical (unpaired) electrons. The molecule has 0 fully saturated rings. The lowest BCUT2D eigenvalue weighted by atomic mass is 10.1. The Bertz CT molecular complexity index is 1660. The fraction of sp³-hybridized carbons (Fsp3) is 0.0690. The van der Waals surface area contributed by atoms with Crippen LogP contribution in [0.15, 0.2) is 89.7 Å². The number of benzene rings is 3. The number of para-hydroxylation sites is 1. The first-order valence-electron chi connectivity index (χ1n) is 11.7. The highest BCUT2D eigenvalue weighted by Gasteiger charge is 2.15. The lowest BCUT2D eigenvalue weighted by Gasteiger charge is -2.14. The summed E-state index contributed by atoms with van der Waals surface area (Å²) in [6.45, 7) is 0. The highest BCUT2D eigenvalue weighted by atomic mass is 79.9. The maximum absolute atomic E-state index is 13.2. The molecule has 0 unspecified atom stereocenters. The molecule has 0 aliphatic heterocycles. The molecule has 2 aromatic heterocycles. The molecule has 39 heavy (non-hydrogen) atoms. The molecule has 0 saturated heterocycles. The van der Waals surface area contributed by atoms with Crippen LogP contribution in [0.2, 0.25) is 5.15 Å². The molecule has 2 N–H and O–H groups in total. The summed E-state index contributed by atoms with van der Waals surface area (Å²) in [5, 5.41) is 7.17. The van der Waals surface area contributed by atoms with Gasteiger partial charge in [0.05, 0.1) is 36.7 Å². The van der Waals surface area contributed by atoms with Crippen molar-refractivity contribution in [2.24, 2.45) is 0 Å². The van der Waals surface area contributed by atoms with Crippen LogP contribution >= 0.6 is 27.5 Å². The molecule has 0 aliphatic carbocycles. The lowest BCUT2D eigenvalue weighted by molar-refractivity contribution is 0.102.